The minimum atomic E-state index is 0.774. The summed E-state index contributed by atoms with van der Waals surface area (Å²) in [5.74, 6) is 1.03. The van der Waals surface area contributed by atoms with Gasteiger partial charge in [0, 0.05) is 18.6 Å². The Labute approximate surface area is 126 Å². The summed E-state index contributed by atoms with van der Waals surface area (Å²) in [6.45, 7) is 8.54. The van der Waals surface area contributed by atoms with Crippen molar-refractivity contribution in [3.05, 3.63) is 0 Å². The van der Waals surface area contributed by atoms with Gasteiger partial charge in [-0.15, -0.1) is 0 Å². The highest BCUT2D eigenvalue weighted by molar-refractivity contribution is 4.83. The second kappa shape index (κ2) is 9.04. The fourth-order valence-electron chi connectivity index (χ4n) is 4.33. The molecule has 2 nitrogen and oxygen atoms in total. The molecule has 3 atom stereocenters. The molecule has 1 aliphatic carbocycles. The van der Waals surface area contributed by atoms with Crippen LogP contribution in [0.25, 0.3) is 0 Å². The first-order valence-electron chi connectivity index (χ1n) is 9.30. The van der Waals surface area contributed by atoms with Crippen LogP contribution in [0.3, 0.4) is 0 Å². The van der Waals surface area contributed by atoms with Gasteiger partial charge >= 0.3 is 0 Å². The molecule has 2 heteroatoms. The molecule has 3 unspecified atom stereocenters. The lowest BCUT2D eigenvalue weighted by Crippen LogP contribution is -2.43. The fourth-order valence-corrected chi connectivity index (χ4v) is 4.33. The zero-order valence-electron chi connectivity index (χ0n) is 13.9. The normalized spacial score (nSPS) is 31.6. The summed E-state index contributed by atoms with van der Waals surface area (Å²) in [4.78, 5) is 2.83. The van der Waals surface area contributed by atoms with E-state index < -0.39 is 0 Å². The Hall–Kier alpha value is -0.0800. The average molecular weight is 280 g/mol. The third-order valence-electron chi connectivity index (χ3n) is 5.40. The third kappa shape index (κ3) is 5.04. The van der Waals surface area contributed by atoms with Crippen LogP contribution in [0.5, 0.6) is 0 Å². The van der Waals surface area contributed by atoms with Crippen molar-refractivity contribution in [2.45, 2.75) is 90.1 Å². The summed E-state index contributed by atoms with van der Waals surface area (Å²) < 4.78 is 0. The van der Waals surface area contributed by atoms with Crippen molar-refractivity contribution in [3.63, 3.8) is 0 Å². The topological polar surface area (TPSA) is 15.3 Å². The van der Waals surface area contributed by atoms with E-state index in [0.29, 0.717) is 0 Å². The molecule has 1 saturated heterocycles. The smallest absolute Gasteiger partial charge is 0.0195 e. The molecule has 1 N–H and O–H groups in total. The first-order chi connectivity index (χ1) is 9.83. The predicted octanol–water partition coefficient (Wildman–Crippen LogP) is 4.20. The molecule has 0 aromatic rings. The number of nitrogens with one attached hydrogen (secondary N) is 1. The molecule has 0 amide bonds. The van der Waals surface area contributed by atoms with Crippen LogP contribution in [0.15, 0.2) is 0 Å². The van der Waals surface area contributed by atoms with E-state index in [1.165, 1.54) is 83.8 Å². The second-order valence-electron chi connectivity index (χ2n) is 7.10. The van der Waals surface area contributed by atoms with Gasteiger partial charge in [0.25, 0.3) is 0 Å². The maximum atomic E-state index is 3.69. The van der Waals surface area contributed by atoms with Crippen molar-refractivity contribution in [1.29, 1.82) is 0 Å². The Morgan fingerprint density at radius 2 is 1.85 bits per heavy atom. The van der Waals surface area contributed by atoms with Crippen molar-refractivity contribution in [1.82, 2.24) is 10.2 Å². The molecule has 20 heavy (non-hydrogen) atoms. The Morgan fingerprint density at radius 1 is 0.950 bits per heavy atom. The van der Waals surface area contributed by atoms with Gasteiger partial charge in [-0.3, -0.25) is 4.90 Å². The average Bonchev–Trinajstić information content (AvgIpc) is 2.84. The Balaban J connectivity index is 1.84. The molecule has 2 rings (SSSR count). The Bertz CT molecular complexity index is 248. The van der Waals surface area contributed by atoms with Crippen LogP contribution in [0.2, 0.25) is 0 Å². The highest BCUT2D eigenvalue weighted by Crippen LogP contribution is 2.29. The molecule has 0 aromatic carbocycles. The van der Waals surface area contributed by atoms with E-state index in [1.54, 1.807) is 0 Å². The van der Waals surface area contributed by atoms with Crippen LogP contribution in [-0.4, -0.2) is 36.6 Å². The molecule has 118 valence electrons. The molecule has 1 aliphatic heterocycles. The molecular weight excluding hydrogens is 244 g/mol. The number of nitrogens with zero attached hydrogens (tertiary/aromatic N) is 1. The molecule has 2 aliphatic rings. The first kappa shape index (κ1) is 16.3. The van der Waals surface area contributed by atoms with Gasteiger partial charge < -0.3 is 5.32 Å². The van der Waals surface area contributed by atoms with Gasteiger partial charge in [0.2, 0.25) is 0 Å². The fraction of sp³-hybridized carbons (Fsp3) is 1.00. The molecular formula is C18H36N2. The van der Waals surface area contributed by atoms with E-state index in [9.17, 15) is 0 Å². The molecule has 2 fully saturated rings. The van der Waals surface area contributed by atoms with Gasteiger partial charge in [-0.2, -0.15) is 0 Å². The number of hydrogen-bond donors (Lipinski definition) is 1. The summed E-state index contributed by atoms with van der Waals surface area (Å²) in [5.41, 5.74) is 0. The largest absolute Gasteiger partial charge is 0.313 e. The van der Waals surface area contributed by atoms with E-state index >= 15 is 0 Å². The van der Waals surface area contributed by atoms with Gasteiger partial charge in [0.1, 0.15) is 0 Å². The monoisotopic (exact) mass is 280 g/mol. The standard InChI is InChI=1S/C18H36N2/c1-3-7-16-8-5-10-18(12-11-16)20(14-4-2)15-17-9-6-13-19-17/h16-19H,3-15H2,1-2H3. The molecule has 0 radical (unpaired) electrons. The molecule has 0 spiro atoms. The summed E-state index contributed by atoms with van der Waals surface area (Å²) >= 11 is 0. The summed E-state index contributed by atoms with van der Waals surface area (Å²) in [6.07, 6.45) is 14.3. The van der Waals surface area contributed by atoms with Crippen LogP contribution in [0.1, 0.15) is 78.1 Å². The lowest BCUT2D eigenvalue weighted by Gasteiger charge is -2.33. The van der Waals surface area contributed by atoms with Gasteiger partial charge in [-0.1, -0.05) is 39.5 Å². The lowest BCUT2D eigenvalue weighted by atomic mass is 9.95. The van der Waals surface area contributed by atoms with Crippen molar-refractivity contribution >= 4 is 0 Å². The highest BCUT2D eigenvalue weighted by Gasteiger charge is 2.25. The molecule has 0 bridgehead atoms. The maximum absolute atomic E-state index is 3.69. The van der Waals surface area contributed by atoms with Crippen molar-refractivity contribution in [3.8, 4) is 0 Å². The molecule has 0 aromatic heterocycles. The second-order valence-corrected chi connectivity index (χ2v) is 7.10. The van der Waals surface area contributed by atoms with Crippen molar-refractivity contribution in [2.75, 3.05) is 19.6 Å². The summed E-state index contributed by atoms with van der Waals surface area (Å²) in [7, 11) is 0. The van der Waals surface area contributed by atoms with Crippen LogP contribution in [-0.2, 0) is 0 Å². The van der Waals surface area contributed by atoms with E-state index in [4.69, 9.17) is 0 Å². The van der Waals surface area contributed by atoms with E-state index in [0.717, 1.165) is 18.0 Å². The van der Waals surface area contributed by atoms with Crippen LogP contribution in [0.4, 0.5) is 0 Å². The van der Waals surface area contributed by atoms with Gasteiger partial charge in [0.05, 0.1) is 0 Å². The zero-order chi connectivity index (χ0) is 14.2. The van der Waals surface area contributed by atoms with Crippen molar-refractivity contribution < 1.29 is 0 Å². The van der Waals surface area contributed by atoms with E-state index in [2.05, 4.69) is 24.1 Å². The lowest BCUT2D eigenvalue weighted by molar-refractivity contribution is 0.163. The Morgan fingerprint density at radius 3 is 2.55 bits per heavy atom. The van der Waals surface area contributed by atoms with E-state index in [1.807, 2.05) is 0 Å². The predicted molar refractivity (Wildman–Crippen MR) is 88.2 cm³/mol. The van der Waals surface area contributed by atoms with E-state index in [-0.39, 0.29) is 0 Å². The zero-order valence-corrected chi connectivity index (χ0v) is 13.9. The van der Waals surface area contributed by atoms with Crippen LogP contribution >= 0.6 is 0 Å². The number of rotatable bonds is 7. The first-order valence-corrected chi connectivity index (χ1v) is 9.30. The quantitative estimate of drug-likeness (QED) is 0.703. The number of hydrogen-bond acceptors (Lipinski definition) is 2. The summed E-state index contributed by atoms with van der Waals surface area (Å²) in [6, 6.07) is 1.65. The van der Waals surface area contributed by atoms with Gasteiger partial charge in [-0.05, 0) is 57.5 Å². The summed E-state index contributed by atoms with van der Waals surface area (Å²) in [5, 5.41) is 3.69. The minimum absolute atomic E-state index is 0.774. The molecule has 1 heterocycles. The maximum Gasteiger partial charge on any atom is 0.0195 e. The highest BCUT2D eigenvalue weighted by atomic mass is 15.2. The minimum Gasteiger partial charge on any atom is -0.313 e. The van der Waals surface area contributed by atoms with Crippen LogP contribution in [0, 0.1) is 5.92 Å². The molecule has 1 saturated carbocycles. The van der Waals surface area contributed by atoms with Gasteiger partial charge in [0.15, 0.2) is 0 Å². The van der Waals surface area contributed by atoms with Crippen LogP contribution < -0.4 is 5.32 Å². The Kier molecular flexibility index (Phi) is 7.37. The van der Waals surface area contributed by atoms with Crippen molar-refractivity contribution in [2.24, 2.45) is 5.92 Å². The van der Waals surface area contributed by atoms with Gasteiger partial charge in [-0.25, -0.2) is 0 Å². The SMILES string of the molecule is CCCC1CCCC(N(CCC)CC2CCCN2)CC1. The third-order valence-corrected chi connectivity index (χ3v) is 5.40.